The molecule has 0 saturated carbocycles. The Bertz CT molecular complexity index is 3680. The van der Waals surface area contributed by atoms with Crippen LogP contribution in [-0.2, 0) is 15.3 Å². The van der Waals surface area contributed by atoms with Gasteiger partial charge in [-0.3, -0.25) is 9.97 Å². The van der Waals surface area contributed by atoms with Crippen LogP contribution in [0.3, 0.4) is 0 Å². The average Bonchev–Trinajstić information content (AvgIpc) is 3.75. The van der Waals surface area contributed by atoms with Crippen molar-refractivity contribution in [2.24, 2.45) is 0 Å². The predicted molar refractivity (Wildman–Crippen MR) is 252 cm³/mol. The molecular weight excluding hydrogens is 805 g/mol. The molecule has 0 amide bonds. The number of hydrogen-bond donors (Lipinski definition) is 0. The van der Waals surface area contributed by atoms with Crippen LogP contribution in [0, 0.1) is 0 Å². The molecule has 3 aromatic heterocycles. The number of benzene rings is 7. The van der Waals surface area contributed by atoms with E-state index in [2.05, 4.69) is 120 Å². The summed E-state index contributed by atoms with van der Waals surface area (Å²) in [6.45, 7) is 0. The third-order valence-electron chi connectivity index (χ3n) is 13.2. The Kier molecular flexibility index (Phi) is 7.81. The first kappa shape index (κ1) is 36.5. The molecule has 2 aliphatic carbocycles. The van der Waals surface area contributed by atoms with Gasteiger partial charge in [0.2, 0.25) is 9.84 Å². The molecule has 0 radical (unpaired) electrons. The summed E-state index contributed by atoms with van der Waals surface area (Å²) in [5, 5.41) is 0. The van der Waals surface area contributed by atoms with Crippen molar-refractivity contribution in [1.29, 1.82) is 0 Å². The fourth-order valence-corrected chi connectivity index (χ4v) is 12.2. The largest absolute Gasteiger partial charge is 0.264 e. The molecule has 1 spiro atoms. The maximum absolute atomic E-state index is 14.3. The number of pyridine rings is 2. The summed E-state index contributed by atoms with van der Waals surface area (Å²) in [4.78, 5) is 20.3. The summed E-state index contributed by atoms with van der Waals surface area (Å²) in [7, 11) is -3.74. The molecule has 7 heteroatoms. The van der Waals surface area contributed by atoms with Crippen LogP contribution in [0.25, 0.3) is 89.7 Å². The Hall–Kier alpha value is -8.13. The minimum absolute atomic E-state index is 0.350. The monoisotopic (exact) mass is 838 g/mol. The van der Waals surface area contributed by atoms with Gasteiger partial charge in [0.25, 0.3) is 0 Å². The molecule has 0 fully saturated rings. The number of nitrogens with zero attached hydrogens (tertiary/aromatic N) is 4. The highest BCUT2D eigenvalue weighted by Gasteiger charge is 2.52. The van der Waals surface area contributed by atoms with E-state index >= 15 is 0 Å². The number of rotatable bonds is 4. The highest BCUT2D eigenvalue weighted by atomic mass is 32.2. The number of aromatic nitrogens is 4. The van der Waals surface area contributed by atoms with Gasteiger partial charge >= 0.3 is 0 Å². The highest BCUT2D eigenvalue weighted by molar-refractivity contribution is 7.92. The van der Waals surface area contributed by atoms with Gasteiger partial charge in [-0.25, -0.2) is 18.4 Å². The smallest absolute Gasteiger partial charge is 0.207 e. The van der Waals surface area contributed by atoms with Crippen molar-refractivity contribution in [2.75, 3.05) is 0 Å². The zero-order valence-corrected chi connectivity index (χ0v) is 35.0. The van der Waals surface area contributed by atoms with Gasteiger partial charge in [-0.1, -0.05) is 140 Å². The molecular formula is C57H34N4O2S. The maximum Gasteiger partial charge on any atom is 0.207 e. The van der Waals surface area contributed by atoms with Crippen LogP contribution in [0.5, 0.6) is 0 Å². The number of fused-ring (bicyclic) bond motifs is 16. The van der Waals surface area contributed by atoms with E-state index in [1.165, 1.54) is 0 Å². The summed E-state index contributed by atoms with van der Waals surface area (Å²) in [6, 6.07) is 64.3. The molecule has 6 nitrogen and oxygen atoms in total. The Balaban J connectivity index is 1.11. The van der Waals surface area contributed by atoms with Crippen LogP contribution < -0.4 is 0 Å². The quantitative estimate of drug-likeness (QED) is 0.175. The van der Waals surface area contributed by atoms with Crippen molar-refractivity contribution < 1.29 is 8.42 Å². The van der Waals surface area contributed by atoms with Crippen molar-refractivity contribution in [2.45, 2.75) is 15.2 Å². The van der Waals surface area contributed by atoms with Crippen LogP contribution in [0.2, 0.25) is 0 Å². The third-order valence-corrected chi connectivity index (χ3v) is 15.1. The Morgan fingerprint density at radius 1 is 0.375 bits per heavy atom. The third kappa shape index (κ3) is 5.10. The lowest BCUT2D eigenvalue weighted by Crippen LogP contribution is -2.29. The van der Waals surface area contributed by atoms with Crippen LogP contribution >= 0.6 is 0 Å². The van der Waals surface area contributed by atoms with Crippen molar-refractivity contribution in [1.82, 2.24) is 19.9 Å². The summed E-state index contributed by atoms with van der Waals surface area (Å²) < 4.78 is 28.6. The first-order valence-corrected chi connectivity index (χ1v) is 22.8. The van der Waals surface area contributed by atoms with E-state index in [9.17, 15) is 8.42 Å². The highest BCUT2D eigenvalue weighted by Crippen LogP contribution is 2.65. The van der Waals surface area contributed by atoms with E-state index < -0.39 is 15.3 Å². The van der Waals surface area contributed by atoms with Crippen molar-refractivity contribution in [3.8, 4) is 89.7 Å². The lowest BCUT2D eigenvalue weighted by Gasteiger charge is -2.35. The zero-order chi connectivity index (χ0) is 42.6. The SMILES string of the molecule is O=S1(=O)c2ccccc2-c2c1ccc1c2-c2ccccc2C12c1ccccc1-c1ccccc1-c1ccc(-c3cc(-c4ccccc4)nc(-c4ccc(-c5cccnc5)nc4)n3)cc12. The van der Waals surface area contributed by atoms with Gasteiger partial charge in [0, 0.05) is 52.0 Å². The van der Waals surface area contributed by atoms with E-state index in [-0.39, 0.29) is 0 Å². The topological polar surface area (TPSA) is 85.7 Å². The van der Waals surface area contributed by atoms with Gasteiger partial charge < -0.3 is 0 Å². The minimum atomic E-state index is -3.74. The maximum atomic E-state index is 14.3. The van der Waals surface area contributed by atoms with Gasteiger partial charge in [-0.15, -0.1) is 0 Å². The second-order valence-electron chi connectivity index (χ2n) is 16.5. The summed E-state index contributed by atoms with van der Waals surface area (Å²) >= 11 is 0. The first-order chi connectivity index (χ1) is 31.5. The van der Waals surface area contributed by atoms with E-state index in [1.807, 2.05) is 79.1 Å². The van der Waals surface area contributed by atoms with Crippen LogP contribution in [0.15, 0.2) is 216 Å². The first-order valence-electron chi connectivity index (χ1n) is 21.3. The summed E-state index contributed by atoms with van der Waals surface area (Å²) in [6.07, 6.45) is 5.40. The van der Waals surface area contributed by atoms with Gasteiger partial charge in [0.1, 0.15) is 0 Å². The van der Waals surface area contributed by atoms with Gasteiger partial charge in [-0.05, 0) is 104 Å². The molecule has 13 rings (SSSR count). The van der Waals surface area contributed by atoms with Gasteiger partial charge in [-0.2, -0.15) is 0 Å². The van der Waals surface area contributed by atoms with Crippen LogP contribution in [0.4, 0.5) is 0 Å². The molecule has 10 aromatic rings. The Morgan fingerprint density at radius 3 is 1.73 bits per heavy atom. The Labute approximate surface area is 370 Å². The van der Waals surface area contributed by atoms with E-state index in [1.54, 1.807) is 12.3 Å². The lowest BCUT2D eigenvalue weighted by atomic mass is 9.65. The van der Waals surface area contributed by atoms with Crippen LogP contribution in [0.1, 0.15) is 22.3 Å². The molecule has 0 bridgehead atoms. The lowest BCUT2D eigenvalue weighted by molar-refractivity contribution is 0.598. The second-order valence-corrected chi connectivity index (χ2v) is 18.4. The molecule has 64 heavy (non-hydrogen) atoms. The van der Waals surface area contributed by atoms with Crippen LogP contribution in [-0.4, -0.2) is 28.4 Å². The van der Waals surface area contributed by atoms with E-state index in [0.29, 0.717) is 15.6 Å². The summed E-state index contributed by atoms with van der Waals surface area (Å²) in [5.74, 6) is 0.564. The molecule has 0 saturated heterocycles. The number of hydrogen-bond acceptors (Lipinski definition) is 6. The fourth-order valence-electron chi connectivity index (χ4n) is 10.5. The second kappa shape index (κ2) is 13.7. The average molecular weight is 839 g/mol. The normalized spacial score (nSPS) is 15.5. The molecule has 3 aliphatic rings. The van der Waals surface area contributed by atoms with Crippen molar-refractivity contribution in [3.05, 3.63) is 229 Å². The number of sulfone groups is 1. The molecule has 1 atom stereocenters. The molecule has 0 N–H and O–H groups in total. The molecule has 4 heterocycles. The predicted octanol–water partition coefficient (Wildman–Crippen LogP) is 12.8. The fraction of sp³-hybridized carbons (Fsp3) is 0.0175. The van der Waals surface area contributed by atoms with Crippen molar-refractivity contribution in [3.63, 3.8) is 0 Å². The minimum Gasteiger partial charge on any atom is -0.264 e. The molecule has 1 unspecified atom stereocenters. The zero-order valence-electron chi connectivity index (χ0n) is 34.1. The standard InChI is InChI=1S/C57H34N4O2S/c62-64(63)52-23-11-8-20-44(52)55-53(64)29-27-47-54(55)43-19-7-10-22-46(43)57(47)45-21-9-6-18-41(45)39-16-4-5-17-40(39)42-26-24-36(31-48(42)57)51-32-50(35-13-2-1-3-14-35)60-56(61-51)38-25-28-49(59-34-38)37-15-12-30-58-33-37/h1-34H. The summed E-state index contributed by atoms with van der Waals surface area (Å²) in [5.41, 5.74) is 17.5. The van der Waals surface area contributed by atoms with E-state index in [4.69, 9.17) is 15.0 Å². The van der Waals surface area contributed by atoms with E-state index in [0.717, 1.165) is 106 Å². The molecule has 1 aliphatic heterocycles. The van der Waals surface area contributed by atoms with Gasteiger partial charge in [0.05, 0.1) is 32.3 Å². The Morgan fingerprint density at radius 2 is 1.00 bits per heavy atom. The molecule has 7 aromatic carbocycles. The van der Waals surface area contributed by atoms with Crippen molar-refractivity contribution >= 4 is 9.84 Å². The van der Waals surface area contributed by atoms with Gasteiger partial charge in [0.15, 0.2) is 5.82 Å². The molecule has 300 valence electrons.